The fraction of sp³-hybridized carbons (Fsp3) is 0.429. The van der Waals surface area contributed by atoms with Crippen LogP contribution in [-0.4, -0.2) is 0 Å². The lowest BCUT2D eigenvalue weighted by Crippen LogP contribution is -2.07. The molecule has 0 aromatic heterocycles. The van der Waals surface area contributed by atoms with Crippen molar-refractivity contribution in [2.45, 2.75) is 38.5 Å². The highest BCUT2D eigenvalue weighted by atomic mass is 14.2. The van der Waals surface area contributed by atoms with E-state index in [0.717, 1.165) is 0 Å². The zero-order chi connectivity index (χ0) is 9.97. The second-order valence-corrected chi connectivity index (χ2v) is 4.08. The Hall–Kier alpha value is -1.22. The van der Waals surface area contributed by atoms with E-state index in [1.54, 1.807) is 0 Å². The van der Waals surface area contributed by atoms with Gasteiger partial charge in [0.1, 0.15) is 0 Å². The van der Waals surface area contributed by atoms with E-state index in [2.05, 4.69) is 31.0 Å². The molecule has 0 spiro atoms. The van der Waals surface area contributed by atoms with Crippen LogP contribution in [0.1, 0.15) is 42.4 Å². The molecule has 1 atom stereocenters. The van der Waals surface area contributed by atoms with Gasteiger partial charge in [0.15, 0.2) is 0 Å². The summed E-state index contributed by atoms with van der Waals surface area (Å²) in [7, 11) is 0. The summed E-state index contributed by atoms with van der Waals surface area (Å²) in [5.41, 5.74) is 4.43. The number of aryl methyl sites for hydroxylation is 1. The number of rotatable bonds is 1. The SMILES string of the molecule is C#CC(C)c1cccc2c1CCCC2. The van der Waals surface area contributed by atoms with Gasteiger partial charge in [-0.2, -0.15) is 0 Å². The molecular weight excluding hydrogens is 168 g/mol. The predicted octanol–water partition coefficient (Wildman–Crippen LogP) is 3.30. The molecule has 14 heavy (non-hydrogen) atoms. The molecule has 2 rings (SSSR count). The Labute approximate surface area is 86.3 Å². The fourth-order valence-corrected chi connectivity index (χ4v) is 2.31. The number of hydrogen-bond acceptors (Lipinski definition) is 0. The first-order valence-corrected chi connectivity index (χ1v) is 5.39. The Bertz CT molecular complexity index is 368. The lowest BCUT2D eigenvalue weighted by atomic mass is 9.84. The summed E-state index contributed by atoms with van der Waals surface area (Å²) in [4.78, 5) is 0. The zero-order valence-electron chi connectivity index (χ0n) is 8.72. The van der Waals surface area contributed by atoms with Crippen LogP contribution in [-0.2, 0) is 12.8 Å². The van der Waals surface area contributed by atoms with Crippen LogP contribution in [0.4, 0.5) is 0 Å². The average molecular weight is 184 g/mol. The Kier molecular flexibility index (Phi) is 2.59. The molecule has 0 N–H and O–H groups in total. The first kappa shape index (κ1) is 9.34. The van der Waals surface area contributed by atoms with Gasteiger partial charge in [-0.1, -0.05) is 24.1 Å². The molecule has 1 aromatic rings. The molecule has 0 nitrogen and oxygen atoms in total. The van der Waals surface area contributed by atoms with Gasteiger partial charge in [-0.3, -0.25) is 0 Å². The van der Waals surface area contributed by atoms with Crippen molar-refractivity contribution in [1.29, 1.82) is 0 Å². The van der Waals surface area contributed by atoms with E-state index in [1.807, 2.05) is 0 Å². The minimum Gasteiger partial charge on any atom is -0.119 e. The van der Waals surface area contributed by atoms with Gasteiger partial charge < -0.3 is 0 Å². The number of hydrogen-bond donors (Lipinski definition) is 0. The molecule has 0 amide bonds. The van der Waals surface area contributed by atoms with Gasteiger partial charge in [0, 0.05) is 5.92 Å². The van der Waals surface area contributed by atoms with Crippen LogP contribution < -0.4 is 0 Å². The summed E-state index contributed by atoms with van der Waals surface area (Å²) in [6.07, 6.45) is 10.6. The molecular formula is C14H16. The first-order valence-electron chi connectivity index (χ1n) is 5.39. The summed E-state index contributed by atoms with van der Waals surface area (Å²) in [6, 6.07) is 6.59. The lowest BCUT2D eigenvalue weighted by Gasteiger charge is -2.20. The highest BCUT2D eigenvalue weighted by molar-refractivity contribution is 5.41. The molecule has 0 bridgehead atoms. The molecule has 1 unspecified atom stereocenters. The fourth-order valence-electron chi connectivity index (χ4n) is 2.31. The highest BCUT2D eigenvalue weighted by Gasteiger charge is 2.14. The van der Waals surface area contributed by atoms with Crippen LogP contribution in [0.25, 0.3) is 0 Å². The first-order chi connectivity index (χ1) is 6.83. The largest absolute Gasteiger partial charge is 0.119 e. The van der Waals surface area contributed by atoms with Gasteiger partial charge in [-0.05, 0) is 49.3 Å². The standard InChI is InChI=1S/C14H16/c1-3-11(2)13-10-6-8-12-7-4-5-9-14(12)13/h1,6,8,10-11H,4-5,7,9H2,2H3. The third kappa shape index (κ3) is 1.55. The summed E-state index contributed by atoms with van der Waals surface area (Å²) in [5.74, 6) is 3.10. The molecule has 0 fully saturated rings. The molecule has 1 aliphatic rings. The smallest absolute Gasteiger partial charge is 0.0424 e. The third-order valence-electron chi connectivity index (χ3n) is 3.15. The predicted molar refractivity (Wildman–Crippen MR) is 60.3 cm³/mol. The van der Waals surface area contributed by atoms with Gasteiger partial charge in [0.25, 0.3) is 0 Å². The molecule has 1 aliphatic carbocycles. The molecule has 0 heteroatoms. The van der Waals surface area contributed by atoms with E-state index in [0.29, 0.717) is 0 Å². The molecule has 0 saturated carbocycles. The Morgan fingerprint density at radius 1 is 1.29 bits per heavy atom. The van der Waals surface area contributed by atoms with Crippen LogP contribution in [0.5, 0.6) is 0 Å². The Morgan fingerprint density at radius 3 is 2.86 bits per heavy atom. The summed E-state index contributed by atoms with van der Waals surface area (Å²) in [6.45, 7) is 2.12. The monoisotopic (exact) mass is 184 g/mol. The van der Waals surface area contributed by atoms with Crippen LogP contribution in [0.2, 0.25) is 0 Å². The van der Waals surface area contributed by atoms with Crippen molar-refractivity contribution in [2.24, 2.45) is 0 Å². The summed E-state index contributed by atoms with van der Waals surface area (Å²) < 4.78 is 0. The second kappa shape index (κ2) is 3.88. The summed E-state index contributed by atoms with van der Waals surface area (Å²) in [5, 5.41) is 0. The van der Waals surface area contributed by atoms with E-state index >= 15 is 0 Å². The van der Waals surface area contributed by atoms with Crippen molar-refractivity contribution in [3.05, 3.63) is 34.9 Å². The van der Waals surface area contributed by atoms with Crippen molar-refractivity contribution in [1.82, 2.24) is 0 Å². The molecule has 0 radical (unpaired) electrons. The number of fused-ring (bicyclic) bond motifs is 1. The Morgan fingerprint density at radius 2 is 2.07 bits per heavy atom. The molecule has 0 saturated heterocycles. The van der Waals surface area contributed by atoms with E-state index in [-0.39, 0.29) is 5.92 Å². The van der Waals surface area contributed by atoms with Crippen molar-refractivity contribution in [3.63, 3.8) is 0 Å². The van der Waals surface area contributed by atoms with Crippen LogP contribution in [0.3, 0.4) is 0 Å². The lowest BCUT2D eigenvalue weighted by molar-refractivity contribution is 0.676. The quantitative estimate of drug-likeness (QED) is 0.587. The minimum atomic E-state index is 0.267. The van der Waals surface area contributed by atoms with Crippen molar-refractivity contribution < 1.29 is 0 Å². The molecule has 0 heterocycles. The maximum Gasteiger partial charge on any atom is 0.0424 e. The maximum atomic E-state index is 5.49. The van der Waals surface area contributed by atoms with Gasteiger partial charge in [0.05, 0.1) is 0 Å². The van der Waals surface area contributed by atoms with Gasteiger partial charge >= 0.3 is 0 Å². The van der Waals surface area contributed by atoms with Crippen molar-refractivity contribution >= 4 is 0 Å². The normalized spacial score (nSPS) is 16.9. The van der Waals surface area contributed by atoms with Crippen LogP contribution in [0, 0.1) is 12.3 Å². The van der Waals surface area contributed by atoms with Crippen LogP contribution in [0.15, 0.2) is 18.2 Å². The minimum absolute atomic E-state index is 0.267. The molecule has 1 aromatic carbocycles. The van der Waals surface area contributed by atoms with E-state index in [9.17, 15) is 0 Å². The zero-order valence-corrected chi connectivity index (χ0v) is 8.72. The highest BCUT2D eigenvalue weighted by Crippen LogP contribution is 2.28. The maximum absolute atomic E-state index is 5.49. The Balaban J connectivity index is 2.46. The van der Waals surface area contributed by atoms with E-state index in [1.165, 1.54) is 42.4 Å². The summed E-state index contributed by atoms with van der Waals surface area (Å²) >= 11 is 0. The van der Waals surface area contributed by atoms with Gasteiger partial charge in [-0.25, -0.2) is 0 Å². The van der Waals surface area contributed by atoms with Gasteiger partial charge in [0.2, 0.25) is 0 Å². The average Bonchev–Trinajstić information content (AvgIpc) is 2.27. The molecule has 72 valence electrons. The van der Waals surface area contributed by atoms with E-state index in [4.69, 9.17) is 6.42 Å². The topological polar surface area (TPSA) is 0 Å². The van der Waals surface area contributed by atoms with Crippen LogP contribution >= 0.6 is 0 Å². The van der Waals surface area contributed by atoms with E-state index < -0.39 is 0 Å². The third-order valence-corrected chi connectivity index (χ3v) is 3.15. The van der Waals surface area contributed by atoms with Gasteiger partial charge in [-0.15, -0.1) is 6.42 Å². The number of terminal acetylenes is 1. The molecule has 0 aliphatic heterocycles. The van der Waals surface area contributed by atoms with Crippen molar-refractivity contribution in [3.8, 4) is 12.3 Å². The van der Waals surface area contributed by atoms with Crippen molar-refractivity contribution in [2.75, 3.05) is 0 Å². The number of benzene rings is 1. The second-order valence-electron chi connectivity index (χ2n) is 4.08.